The minimum atomic E-state index is -0.782. The third kappa shape index (κ3) is 6.42. The molecule has 7 nitrogen and oxygen atoms in total. The molecule has 0 aliphatic rings. The number of hydrazine groups is 1. The van der Waals surface area contributed by atoms with Crippen molar-refractivity contribution in [3.05, 3.63) is 65.7 Å². The molecule has 0 fully saturated rings. The van der Waals surface area contributed by atoms with Crippen molar-refractivity contribution in [2.24, 2.45) is 5.92 Å². The second kappa shape index (κ2) is 10.1. The van der Waals surface area contributed by atoms with Gasteiger partial charge in [0.1, 0.15) is 6.04 Å². The van der Waals surface area contributed by atoms with Gasteiger partial charge in [0.25, 0.3) is 17.7 Å². The number of hydrogen-bond donors (Lipinski definition) is 4. The fraction of sp³-hybridized carbons (Fsp3) is 0.286. The van der Waals surface area contributed by atoms with E-state index in [0.717, 1.165) is 11.3 Å². The number of aryl methyl sites for hydroxylation is 1. The number of carbonyl (C=O) groups is 3. The zero-order valence-corrected chi connectivity index (χ0v) is 16.3. The predicted molar refractivity (Wildman–Crippen MR) is 108 cm³/mol. The summed E-state index contributed by atoms with van der Waals surface area (Å²) in [5.41, 5.74) is 6.97. The van der Waals surface area contributed by atoms with Gasteiger partial charge in [0.15, 0.2) is 0 Å². The van der Waals surface area contributed by atoms with Crippen LogP contribution in [0.25, 0.3) is 0 Å². The molecule has 7 heteroatoms. The summed E-state index contributed by atoms with van der Waals surface area (Å²) in [6.45, 7) is 5.54. The van der Waals surface area contributed by atoms with Crippen LogP contribution in [-0.2, 0) is 9.59 Å². The van der Waals surface area contributed by atoms with E-state index < -0.39 is 17.9 Å². The van der Waals surface area contributed by atoms with Crippen molar-refractivity contribution in [1.29, 1.82) is 0 Å². The number of anilines is 1. The van der Waals surface area contributed by atoms with Gasteiger partial charge in [-0.1, -0.05) is 49.7 Å². The van der Waals surface area contributed by atoms with Crippen LogP contribution < -0.4 is 21.5 Å². The fourth-order valence-electron chi connectivity index (χ4n) is 2.54. The van der Waals surface area contributed by atoms with E-state index in [4.69, 9.17) is 0 Å². The molecule has 0 saturated carbocycles. The Balaban J connectivity index is 1.86. The summed E-state index contributed by atoms with van der Waals surface area (Å²) >= 11 is 0. The molecule has 148 valence electrons. The molecule has 2 aromatic carbocycles. The highest BCUT2D eigenvalue weighted by Gasteiger charge is 2.25. The maximum absolute atomic E-state index is 12.4. The van der Waals surface area contributed by atoms with Crippen LogP contribution in [0, 0.1) is 12.8 Å². The highest BCUT2D eigenvalue weighted by atomic mass is 16.2. The lowest BCUT2D eigenvalue weighted by atomic mass is 10.0. The van der Waals surface area contributed by atoms with E-state index in [1.807, 2.05) is 57.2 Å². The van der Waals surface area contributed by atoms with Crippen molar-refractivity contribution in [2.45, 2.75) is 26.8 Å². The Hall–Kier alpha value is -3.35. The largest absolute Gasteiger partial charge is 0.376 e. The van der Waals surface area contributed by atoms with Crippen molar-refractivity contribution in [3.8, 4) is 0 Å². The first kappa shape index (κ1) is 21.0. The van der Waals surface area contributed by atoms with Crippen molar-refractivity contribution >= 4 is 23.4 Å². The number of nitrogens with one attached hydrogen (secondary N) is 4. The average molecular weight is 382 g/mol. The van der Waals surface area contributed by atoms with E-state index in [1.54, 1.807) is 18.2 Å². The van der Waals surface area contributed by atoms with E-state index in [2.05, 4.69) is 21.5 Å². The van der Waals surface area contributed by atoms with Gasteiger partial charge < -0.3 is 10.6 Å². The van der Waals surface area contributed by atoms with Gasteiger partial charge in [0.05, 0.1) is 6.54 Å². The quantitative estimate of drug-likeness (QED) is 0.551. The highest BCUT2D eigenvalue weighted by Crippen LogP contribution is 2.07. The Kier molecular flexibility index (Phi) is 7.56. The number of hydrogen-bond acceptors (Lipinski definition) is 4. The Labute approximate surface area is 164 Å². The summed E-state index contributed by atoms with van der Waals surface area (Å²) in [6.07, 6.45) is 0. The minimum Gasteiger partial charge on any atom is -0.376 e. The van der Waals surface area contributed by atoms with E-state index in [-0.39, 0.29) is 18.4 Å². The first-order valence-electron chi connectivity index (χ1n) is 9.12. The molecule has 0 unspecified atom stereocenters. The van der Waals surface area contributed by atoms with E-state index in [1.165, 1.54) is 0 Å². The lowest BCUT2D eigenvalue weighted by Gasteiger charge is -2.22. The third-order valence-electron chi connectivity index (χ3n) is 4.07. The molecule has 2 rings (SSSR count). The van der Waals surface area contributed by atoms with Gasteiger partial charge >= 0.3 is 0 Å². The third-order valence-corrected chi connectivity index (χ3v) is 4.07. The average Bonchev–Trinajstić information content (AvgIpc) is 2.69. The molecule has 0 aliphatic carbocycles. The molecule has 28 heavy (non-hydrogen) atoms. The fourth-order valence-corrected chi connectivity index (χ4v) is 2.54. The van der Waals surface area contributed by atoms with Gasteiger partial charge in [-0.05, 0) is 37.1 Å². The molecule has 1 atom stereocenters. The van der Waals surface area contributed by atoms with Gasteiger partial charge in [-0.2, -0.15) is 0 Å². The molecule has 3 amide bonds. The molecule has 4 N–H and O–H groups in total. The van der Waals surface area contributed by atoms with Gasteiger partial charge in [0.2, 0.25) is 0 Å². The predicted octanol–water partition coefficient (Wildman–Crippen LogP) is 2.01. The monoisotopic (exact) mass is 382 g/mol. The number of rotatable bonds is 7. The zero-order chi connectivity index (χ0) is 20.5. The molecule has 0 heterocycles. The number of carbonyl (C=O) groups excluding carboxylic acids is 3. The topological polar surface area (TPSA) is 99.3 Å². The van der Waals surface area contributed by atoms with Crippen molar-refractivity contribution < 1.29 is 14.4 Å². The maximum atomic E-state index is 12.4. The summed E-state index contributed by atoms with van der Waals surface area (Å²) in [4.78, 5) is 36.8. The molecule has 0 radical (unpaired) electrons. The van der Waals surface area contributed by atoms with Crippen molar-refractivity contribution in [1.82, 2.24) is 16.2 Å². The Morgan fingerprint density at radius 1 is 0.929 bits per heavy atom. The summed E-state index contributed by atoms with van der Waals surface area (Å²) in [7, 11) is 0. The second-order valence-corrected chi connectivity index (χ2v) is 6.82. The van der Waals surface area contributed by atoms with E-state index >= 15 is 0 Å². The van der Waals surface area contributed by atoms with Crippen LogP contribution >= 0.6 is 0 Å². The maximum Gasteiger partial charge on any atom is 0.261 e. The highest BCUT2D eigenvalue weighted by molar-refractivity contribution is 5.98. The smallest absolute Gasteiger partial charge is 0.261 e. The van der Waals surface area contributed by atoms with Crippen LogP contribution in [0.2, 0.25) is 0 Å². The summed E-state index contributed by atoms with van der Waals surface area (Å²) in [6, 6.07) is 15.6. The van der Waals surface area contributed by atoms with Crippen LogP contribution in [0.4, 0.5) is 5.69 Å². The number of benzene rings is 2. The Bertz CT molecular complexity index is 821. The van der Waals surface area contributed by atoms with E-state index in [9.17, 15) is 14.4 Å². The number of amides is 3. The molecule has 0 aromatic heterocycles. The molecule has 0 aliphatic heterocycles. The van der Waals surface area contributed by atoms with Crippen LogP contribution in [0.1, 0.15) is 29.8 Å². The summed E-state index contributed by atoms with van der Waals surface area (Å²) < 4.78 is 0. The molecular formula is C21H26N4O3. The SMILES string of the molecule is Cc1cccc(C(=O)N[C@@H](C(=O)NNC(=O)CNc2ccccc2)C(C)C)c1. The zero-order valence-electron chi connectivity index (χ0n) is 16.3. The first-order valence-corrected chi connectivity index (χ1v) is 9.12. The Morgan fingerprint density at radius 3 is 2.29 bits per heavy atom. The van der Waals surface area contributed by atoms with Gasteiger partial charge in [-0.15, -0.1) is 0 Å². The van der Waals surface area contributed by atoms with Gasteiger partial charge in [0, 0.05) is 11.3 Å². The molecular weight excluding hydrogens is 356 g/mol. The van der Waals surface area contributed by atoms with Gasteiger partial charge in [-0.3, -0.25) is 25.2 Å². The number of para-hydroxylation sites is 1. The summed E-state index contributed by atoms with van der Waals surface area (Å²) in [5, 5.41) is 5.67. The normalized spacial score (nSPS) is 11.4. The lowest BCUT2D eigenvalue weighted by Crippen LogP contribution is -2.55. The van der Waals surface area contributed by atoms with Crippen LogP contribution in [0.15, 0.2) is 54.6 Å². The molecule has 0 bridgehead atoms. The summed E-state index contributed by atoms with van der Waals surface area (Å²) in [5.74, 6) is -1.38. The second-order valence-electron chi connectivity index (χ2n) is 6.82. The lowest BCUT2D eigenvalue weighted by molar-refractivity contribution is -0.129. The Morgan fingerprint density at radius 2 is 1.64 bits per heavy atom. The standard InChI is InChI=1S/C21H26N4O3/c1-14(2)19(23-20(27)16-9-7-8-15(3)12-16)21(28)25-24-18(26)13-22-17-10-5-4-6-11-17/h4-12,14,19,22H,13H2,1-3H3,(H,23,27)(H,24,26)(H,25,28)/t19-/m1/s1. The van der Waals surface area contributed by atoms with Crippen LogP contribution in [0.3, 0.4) is 0 Å². The first-order chi connectivity index (χ1) is 13.4. The minimum absolute atomic E-state index is 0.00624. The van der Waals surface area contributed by atoms with Gasteiger partial charge in [-0.25, -0.2) is 0 Å². The van der Waals surface area contributed by atoms with Crippen LogP contribution in [0.5, 0.6) is 0 Å². The molecule has 0 saturated heterocycles. The molecule has 2 aromatic rings. The molecule has 0 spiro atoms. The van der Waals surface area contributed by atoms with E-state index in [0.29, 0.717) is 5.56 Å². The van der Waals surface area contributed by atoms with Crippen molar-refractivity contribution in [3.63, 3.8) is 0 Å². The van der Waals surface area contributed by atoms with Crippen LogP contribution in [-0.4, -0.2) is 30.3 Å². The van der Waals surface area contributed by atoms with Crippen molar-refractivity contribution in [2.75, 3.05) is 11.9 Å².